The van der Waals surface area contributed by atoms with Crippen molar-refractivity contribution in [3.63, 3.8) is 0 Å². The van der Waals surface area contributed by atoms with E-state index < -0.39 is 0 Å². The molecule has 0 bridgehead atoms. The van der Waals surface area contributed by atoms with Crippen LogP contribution < -0.4 is 0 Å². The molecule has 1 saturated heterocycles. The first-order chi connectivity index (χ1) is 4.23. The van der Waals surface area contributed by atoms with Crippen LogP contribution in [0.3, 0.4) is 0 Å². The summed E-state index contributed by atoms with van der Waals surface area (Å²) in [6, 6.07) is 0. The minimum absolute atomic E-state index is 0.149. The highest BCUT2D eigenvalue weighted by Gasteiger charge is 2.63. The molecule has 1 aliphatic carbocycles. The molecule has 52 valence electrons. The van der Waals surface area contributed by atoms with Crippen LogP contribution in [0.25, 0.3) is 0 Å². The van der Waals surface area contributed by atoms with E-state index >= 15 is 0 Å². The van der Waals surface area contributed by atoms with Crippen LogP contribution in [-0.2, 0) is 4.74 Å². The van der Waals surface area contributed by atoms with Gasteiger partial charge in [-0.2, -0.15) is 0 Å². The Morgan fingerprint density at radius 1 is 1.44 bits per heavy atom. The van der Waals surface area contributed by atoms with Gasteiger partial charge in [0, 0.05) is 12.5 Å². The zero-order valence-corrected chi connectivity index (χ0v) is 8.11. The second-order valence-corrected chi connectivity index (χ2v) is 6.40. The fourth-order valence-electron chi connectivity index (χ4n) is 1.44. The first kappa shape index (κ1) is 6.62. The molecule has 0 spiro atoms. The zero-order valence-electron chi connectivity index (χ0n) is 4.94. The summed E-state index contributed by atoms with van der Waals surface area (Å²) >= 11 is 7.14. The molecule has 1 aliphatic heterocycles. The van der Waals surface area contributed by atoms with E-state index in [0.717, 1.165) is 12.5 Å². The maximum Gasteiger partial charge on any atom is 0.112 e. The number of hydrogen-bond acceptors (Lipinski definition) is 1. The number of rotatable bonds is 0. The minimum atomic E-state index is 0.149. The Balaban J connectivity index is 2.06. The van der Waals surface area contributed by atoms with Crippen molar-refractivity contribution in [2.45, 2.75) is 22.2 Å². The zero-order chi connectivity index (χ0) is 6.48. The lowest BCUT2D eigenvalue weighted by Gasteiger charge is -2.06. The second kappa shape index (κ2) is 1.95. The van der Waals surface area contributed by atoms with Crippen molar-refractivity contribution in [1.29, 1.82) is 0 Å². The van der Waals surface area contributed by atoms with Gasteiger partial charge in [0.05, 0.1) is 6.10 Å². The van der Waals surface area contributed by atoms with Crippen molar-refractivity contribution in [2.75, 3.05) is 6.61 Å². The number of halogens is 2. The molecule has 9 heavy (non-hydrogen) atoms. The lowest BCUT2D eigenvalue weighted by molar-refractivity contribution is 0.0798. The lowest BCUT2D eigenvalue weighted by Crippen LogP contribution is -2.06. The average molecular weight is 256 g/mol. The van der Waals surface area contributed by atoms with Crippen molar-refractivity contribution in [1.82, 2.24) is 0 Å². The Kier molecular flexibility index (Phi) is 1.44. The van der Waals surface area contributed by atoms with Gasteiger partial charge < -0.3 is 4.74 Å². The number of ether oxygens (including phenoxy) is 1. The summed E-state index contributed by atoms with van der Waals surface area (Å²) in [5.74, 6) is 0.728. The van der Waals surface area contributed by atoms with Crippen LogP contribution in [-0.4, -0.2) is 15.9 Å². The Labute approximate surface area is 71.4 Å². The van der Waals surface area contributed by atoms with Crippen LogP contribution in [0.5, 0.6) is 0 Å². The molecule has 2 atom stereocenters. The molecule has 0 radical (unpaired) electrons. The van der Waals surface area contributed by atoms with E-state index in [0.29, 0.717) is 6.10 Å². The van der Waals surface area contributed by atoms with Gasteiger partial charge in [-0.05, 0) is 12.8 Å². The van der Waals surface area contributed by atoms with Crippen LogP contribution in [0.1, 0.15) is 12.8 Å². The molecule has 2 fully saturated rings. The highest BCUT2D eigenvalue weighted by Crippen LogP contribution is 2.61. The lowest BCUT2D eigenvalue weighted by atomic mass is 10.2. The molecule has 3 heteroatoms. The van der Waals surface area contributed by atoms with E-state index in [1.165, 1.54) is 12.8 Å². The topological polar surface area (TPSA) is 9.23 Å². The summed E-state index contributed by atoms with van der Waals surface area (Å²) in [5.41, 5.74) is 0. The standard InChI is InChI=1S/C6H8Br2O/c7-6(8)4-2-1-3-9-5(4)6/h4-5H,1-3H2. The van der Waals surface area contributed by atoms with E-state index in [9.17, 15) is 0 Å². The van der Waals surface area contributed by atoms with Crippen molar-refractivity contribution in [2.24, 2.45) is 5.92 Å². The van der Waals surface area contributed by atoms with Crippen LogP contribution in [0.2, 0.25) is 0 Å². The summed E-state index contributed by atoms with van der Waals surface area (Å²) in [6.45, 7) is 0.945. The highest BCUT2D eigenvalue weighted by molar-refractivity contribution is 9.25. The van der Waals surface area contributed by atoms with E-state index in [1.54, 1.807) is 0 Å². The fourth-order valence-corrected chi connectivity index (χ4v) is 3.02. The molecule has 0 aromatic heterocycles. The van der Waals surface area contributed by atoms with Gasteiger partial charge in [0.15, 0.2) is 0 Å². The monoisotopic (exact) mass is 254 g/mol. The molecule has 0 aromatic carbocycles. The van der Waals surface area contributed by atoms with Crippen molar-refractivity contribution in [3.05, 3.63) is 0 Å². The van der Waals surface area contributed by atoms with Crippen molar-refractivity contribution >= 4 is 31.9 Å². The summed E-state index contributed by atoms with van der Waals surface area (Å²) in [4.78, 5) is 0. The van der Waals surface area contributed by atoms with E-state index in [-0.39, 0.29) is 3.23 Å². The maximum absolute atomic E-state index is 5.47. The van der Waals surface area contributed by atoms with Gasteiger partial charge in [-0.1, -0.05) is 31.9 Å². The fraction of sp³-hybridized carbons (Fsp3) is 1.00. The molecule has 1 nitrogen and oxygen atoms in total. The third kappa shape index (κ3) is 0.889. The van der Waals surface area contributed by atoms with Crippen molar-refractivity contribution < 1.29 is 4.74 Å². The predicted molar refractivity (Wildman–Crippen MR) is 43.0 cm³/mol. The third-order valence-corrected chi connectivity index (χ3v) is 4.17. The van der Waals surface area contributed by atoms with Gasteiger partial charge in [0.1, 0.15) is 3.23 Å². The number of fused-ring (bicyclic) bond motifs is 1. The van der Waals surface area contributed by atoms with Gasteiger partial charge in [-0.15, -0.1) is 0 Å². The third-order valence-electron chi connectivity index (χ3n) is 2.09. The van der Waals surface area contributed by atoms with Gasteiger partial charge in [-0.25, -0.2) is 0 Å². The molecule has 2 aliphatic rings. The summed E-state index contributed by atoms with van der Waals surface area (Å²) in [5, 5.41) is 0. The molecule has 2 rings (SSSR count). The summed E-state index contributed by atoms with van der Waals surface area (Å²) in [7, 11) is 0. The largest absolute Gasteiger partial charge is 0.375 e. The van der Waals surface area contributed by atoms with E-state index in [1.807, 2.05) is 0 Å². The van der Waals surface area contributed by atoms with Gasteiger partial charge in [0.2, 0.25) is 0 Å². The Morgan fingerprint density at radius 3 is 2.67 bits per heavy atom. The summed E-state index contributed by atoms with van der Waals surface area (Å²) < 4.78 is 5.62. The molecule has 0 N–H and O–H groups in total. The Morgan fingerprint density at radius 2 is 2.22 bits per heavy atom. The first-order valence-electron chi connectivity index (χ1n) is 3.22. The van der Waals surface area contributed by atoms with Crippen LogP contribution in [0.15, 0.2) is 0 Å². The van der Waals surface area contributed by atoms with Crippen LogP contribution >= 0.6 is 31.9 Å². The number of alkyl halides is 2. The molecular weight excluding hydrogens is 248 g/mol. The van der Waals surface area contributed by atoms with Crippen LogP contribution in [0, 0.1) is 5.92 Å². The molecule has 1 heterocycles. The quantitative estimate of drug-likeness (QED) is 0.604. The first-order valence-corrected chi connectivity index (χ1v) is 4.81. The van der Waals surface area contributed by atoms with Crippen LogP contribution in [0.4, 0.5) is 0 Å². The molecule has 1 saturated carbocycles. The molecule has 0 aromatic rings. The van der Waals surface area contributed by atoms with E-state index in [4.69, 9.17) is 4.74 Å². The average Bonchev–Trinajstić information content (AvgIpc) is 2.39. The van der Waals surface area contributed by atoms with E-state index in [2.05, 4.69) is 31.9 Å². The predicted octanol–water partition coefficient (Wildman–Crippen LogP) is 2.28. The second-order valence-electron chi connectivity index (χ2n) is 2.71. The molecule has 0 amide bonds. The maximum atomic E-state index is 5.47. The van der Waals surface area contributed by atoms with Crippen molar-refractivity contribution in [3.8, 4) is 0 Å². The van der Waals surface area contributed by atoms with Gasteiger partial charge >= 0.3 is 0 Å². The number of hydrogen-bond donors (Lipinski definition) is 0. The normalized spacial score (nSPS) is 46.0. The summed E-state index contributed by atoms with van der Waals surface area (Å²) in [6.07, 6.45) is 2.98. The molecular formula is C6H8Br2O. The highest BCUT2D eigenvalue weighted by atomic mass is 79.9. The smallest absolute Gasteiger partial charge is 0.112 e. The molecule has 2 unspecified atom stereocenters. The van der Waals surface area contributed by atoms with Gasteiger partial charge in [0.25, 0.3) is 0 Å². The SMILES string of the molecule is BrC1(Br)C2CCCOC21. The Hall–Kier alpha value is 0.920. The minimum Gasteiger partial charge on any atom is -0.375 e. The van der Waals surface area contributed by atoms with Gasteiger partial charge in [-0.3, -0.25) is 0 Å². The Bertz CT molecular complexity index is 121.